The van der Waals surface area contributed by atoms with Gasteiger partial charge in [-0.15, -0.1) is 0 Å². The molecule has 0 fully saturated rings. The number of aromatic nitrogens is 1. The Morgan fingerprint density at radius 1 is 1.07 bits per heavy atom. The molecule has 5 nitrogen and oxygen atoms in total. The van der Waals surface area contributed by atoms with Crippen LogP contribution in [0.3, 0.4) is 0 Å². The van der Waals surface area contributed by atoms with Crippen LogP contribution in [0.5, 0.6) is 11.5 Å². The third kappa shape index (κ3) is 3.84. The van der Waals surface area contributed by atoms with Crippen molar-refractivity contribution in [3.8, 4) is 11.5 Å². The van der Waals surface area contributed by atoms with E-state index in [0.29, 0.717) is 12.5 Å². The summed E-state index contributed by atoms with van der Waals surface area (Å²) in [6, 6.07) is 11.9. The van der Waals surface area contributed by atoms with E-state index in [2.05, 4.69) is 42.8 Å². The minimum Gasteiger partial charge on any atom is -0.497 e. The molecule has 3 aromatic rings. The number of hydrogen-bond acceptors (Lipinski definition) is 4. The minimum atomic E-state index is -0.0807. The summed E-state index contributed by atoms with van der Waals surface area (Å²) in [4.78, 5) is 17.7. The number of rotatable bonds is 6. The lowest BCUT2D eigenvalue weighted by Crippen LogP contribution is -2.23. The zero-order valence-electron chi connectivity index (χ0n) is 17.4. The minimum absolute atomic E-state index is 0.0807. The molecule has 0 saturated heterocycles. The van der Waals surface area contributed by atoms with Crippen LogP contribution in [0.4, 0.5) is 5.69 Å². The van der Waals surface area contributed by atoms with Gasteiger partial charge in [0.2, 0.25) is 0 Å². The molecule has 0 saturated carbocycles. The average Bonchev–Trinajstić information content (AvgIpc) is 2.67. The SMILES string of the molecule is COc1ccc2cc(CN(C)c3cc(C(C)C)c(OC)cc3C)c(=O)[nH]c2c1. The number of benzene rings is 2. The molecule has 0 spiro atoms. The van der Waals surface area contributed by atoms with Gasteiger partial charge in [0.15, 0.2) is 0 Å². The van der Waals surface area contributed by atoms with Crippen LogP contribution in [0.2, 0.25) is 0 Å². The standard InChI is InChI=1S/C23H28N2O3/c1-14(2)19-12-21(15(3)9-22(19)28-6)25(4)13-17-10-16-7-8-18(27-5)11-20(16)24-23(17)26/h7-12,14H,13H2,1-6H3,(H,24,26). The van der Waals surface area contributed by atoms with Crippen molar-refractivity contribution >= 4 is 16.6 Å². The van der Waals surface area contributed by atoms with Crippen LogP contribution in [-0.2, 0) is 6.54 Å². The highest BCUT2D eigenvalue weighted by Gasteiger charge is 2.15. The van der Waals surface area contributed by atoms with Crippen molar-refractivity contribution < 1.29 is 9.47 Å². The summed E-state index contributed by atoms with van der Waals surface area (Å²) in [5.74, 6) is 1.98. The van der Waals surface area contributed by atoms with E-state index >= 15 is 0 Å². The van der Waals surface area contributed by atoms with Crippen LogP contribution >= 0.6 is 0 Å². The monoisotopic (exact) mass is 380 g/mol. The van der Waals surface area contributed by atoms with Gasteiger partial charge in [0.05, 0.1) is 19.7 Å². The second-order valence-corrected chi connectivity index (χ2v) is 7.47. The molecule has 3 rings (SSSR count). The molecule has 0 aliphatic carbocycles. The second-order valence-electron chi connectivity index (χ2n) is 7.47. The number of H-pyrrole nitrogens is 1. The van der Waals surface area contributed by atoms with Crippen LogP contribution in [0, 0.1) is 6.92 Å². The molecule has 0 atom stereocenters. The normalized spacial score (nSPS) is 11.1. The molecule has 0 amide bonds. The van der Waals surface area contributed by atoms with Crippen molar-refractivity contribution in [2.24, 2.45) is 0 Å². The lowest BCUT2D eigenvalue weighted by molar-refractivity contribution is 0.407. The lowest BCUT2D eigenvalue weighted by atomic mass is 9.98. The molecule has 0 aliphatic rings. The predicted octanol–water partition coefficient (Wildman–Crippen LogP) is 4.61. The second kappa shape index (κ2) is 7.97. The number of anilines is 1. The summed E-state index contributed by atoms with van der Waals surface area (Å²) in [6.45, 7) is 6.88. The number of pyridine rings is 1. The topological polar surface area (TPSA) is 54.6 Å². The zero-order valence-corrected chi connectivity index (χ0v) is 17.4. The Kier molecular flexibility index (Phi) is 5.63. The van der Waals surface area contributed by atoms with E-state index in [1.165, 1.54) is 0 Å². The molecular weight excluding hydrogens is 352 g/mol. The number of hydrogen-bond donors (Lipinski definition) is 1. The van der Waals surface area contributed by atoms with Gasteiger partial charge in [0.1, 0.15) is 11.5 Å². The molecule has 5 heteroatoms. The van der Waals surface area contributed by atoms with Gasteiger partial charge >= 0.3 is 0 Å². The first-order valence-corrected chi connectivity index (χ1v) is 9.43. The first-order chi connectivity index (χ1) is 13.3. The highest BCUT2D eigenvalue weighted by Crippen LogP contribution is 2.33. The molecule has 1 heterocycles. The fraction of sp³-hybridized carbons (Fsp3) is 0.348. The molecule has 1 N–H and O–H groups in total. The molecule has 2 aromatic carbocycles. The highest BCUT2D eigenvalue weighted by molar-refractivity contribution is 5.80. The predicted molar refractivity (Wildman–Crippen MR) is 115 cm³/mol. The molecule has 0 aliphatic heterocycles. The Labute approximate surface area is 165 Å². The van der Waals surface area contributed by atoms with Gasteiger partial charge in [-0.2, -0.15) is 0 Å². The van der Waals surface area contributed by atoms with Gasteiger partial charge in [0.25, 0.3) is 5.56 Å². The zero-order chi connectivity index (χ0) is 20.4. The van der Waals surface area contributed by atoms with Crippen molar-refractivity contribution in [1.82, 2.24) is 4.98 Å². The molecule has 0 radical (unpaired) electrons. The Balaban J connectivity index is 1.96. The summed E-state index contributed by atoms with van der Waals surface area (Å²) in [7, 11) is 5.33. The average molecular weight is 380 g/mol. The number of ether oxygens (including phenoxy) is 2. The van der Waals surface area contributed by atoms with Crippen molar-refractivity contribution in [3.63, 3.8) is 0 Å². The van der Waals surface area contributed by atoms with Crippen LogP contribution in [0.1, 0.15) is 36.5 Å². The largest absolute Gasteiger partial charge is 0.497 e. The van der Waals surface area contributed by atoms with Crippen molar-refractivity contribution in [1.29, 1.82) is 0 Å². The van der Waals surface area contributed by atoms with Crippen molar-refractivity contribution in [2.75, 3.05) is 26.2 Å². The Bertz CT molecular complexity index is 1050. The fourth-order valence-corrected chi connectivity index (χ4v) is 3.54. The number of fused-ring (bicyclic) bond motifs is 1. The van der Waals surface area contributed by atoms with Gasteiger partial charge in [-0.1, -0.05) is 13.8 Å². The maximum absolute atomic E-state index is 12.6. The smallest absolute Gasteiger partial charge is 0.253 e. The molecule has 28 heavy (non-hydrogen) atoms. The molecule has 1 aromatic heterocycles. The molecule has 148 valence electrons. The summed E-state index contributed by atoms with van der Waals surface area (Å²) in [6.07, 6.45) is 0. The number of methoxy groups -OCH3 is 2. The van der Waals surface area contributed by atoms with Crippen LogP contribution in [0.15, 0.2) is 41.2 Å². The van der Waals surface area contributed by atoms with Crippen LogP contribution in [-0.4, -0.2) is 26.3 Å². The van der Waals surface area contributed by atoms with Gasteiger partial charge in [-0.25, -0.2) is 0 Å². The first kappa shape index (κ1) is 19.8. The maximum Gasteiger partial charge on any atom is 0.253 e. The molecular formula is C23H28N2O3. The van der Waals surface area contributed by atoms with Gasteiger partial charge in [0, 0.05) is 30.9 Å². The van der Waals surface area contributed by atoms with Crippen LogP contribution < -0.4 is 19.9 Å². The summed E-state index contributed by atoms with van der Waals surface area (Å²) in [5, 5.41) is 0.984. The Morgan fingerprint density at radius 3 is 2.46 bits per heavy atom. The molecule has 0 unspecified atom stereocenters. The van der Waals surface area contributed by atoms with E-state index in [1.807, 2.05) is 31.3 Å². The summed E-state index contributed by atoms with van der Waals surface area (Å²) in [5.41, 5.74) is 4.79. The number of aromatic amines is 1. The van der Waals surface area contributed by atoms with Gasteiger partial charge in [-0.05, 0) is 59.7 Å². The third-order valence-corrected chi connectivity index (χ3v) is 5.12. The lowest BCUT2D eigenvalue weighted by Gasteiger charge is -2.24. The third-order valence-electron chi connectivity index (χ3n) is 5.12. The quantitative estimate of drug-likeness (QED) is 0.678. The number of nitrogens with zero attached hydrogens (tertiary/aromatic N) is 1. The number of nitrogens with one attached hydrogen (secondary N) is 1. The van der Waals surface area contributed by atoms with Gasteiger partial charge < -0.3 is 19.4 Å². The highest BCUT2D eigenvalue weighted by atomic mass is 16.5. The van der Waals surface area contributed by atoms with E-state index in [-0.39, 0.29) is 5.56 Å². The Morgan fingerprint density at radius 2 is 1.82 bits per heavy atom. The summed E-state index contributed by atoms with van der Waals surface area (Å²) < 4.78 is 10.8. The van der Waals surface area contributed by atoms with E-state index in [0.717, 1.165) is 44.8 Å². The fourth-order valence-electron chi connectivity index (χ4n) is 3.54. The molecule has 0 bridgehead atoms. The van der Waals surface area contributed by atoms with E-state index < -0.39 is 0 Å². The Hall–Kier alpha value is -2.95. The van der Waals surface area contributed by atoms with E-state index in [9.17, 15) is 4.79 Å². The van der Waals surface area contributed by atoms with Gasteiger partial charge in [-0.3, -0.25) is 4.79 Å². The van der Waals surface area contributed by atoms with Crippen LogP contribution in [0.25, 0.3) is 10.9 Å². The number of aryl methyl sites for hydroxylation is 1. The van der Waals surface area contributed by atoms with Crippen molar-refractivity contribution in [3.05, 3.63) is 63.4 Å². The van der Waals surface area contributed by atoms with Crippen molar-refractivity contribution in [2.45, 2.75) is 33.2 Å². The first-order valence-electron chi connectivity index (χ1n) is 9.43. The van der Waals surface area contributed by atoms with E-state index in [4.69, 9.17) is 9.47 Å². The maximum atomic E-state index is 12.6. The van der Waals surface area contributed by atoms with E-state index in [1.54, 1.807) is 14.2 Å². The summed E-state index contributed by atoms with van der Waals surface area (Å²) >= 11 is 0.